The van der Waals surface area contributed by atoms with Crippen molar-refractivity contribution in [2.24, 2.45) is 0 Å². The van der Waals surface area contributed by atoms with Crippen molar-refractivity contribution in [1.82, 2.24) is 0 Å². The molecule has 4 nitrogen and oxygen atoms in total. The molecule has 0 bridgehead atoms. The highest BCUT2D eigenvalue weighted by atomic mass is 32.1. The van der Waals surface area contributed by atoms with Crippen LogP contribution in [0, 0.1) is 5.82 Å². The molecule has 15 heavy (non-hydrogen) atoms. The van der Waals surface area contributed by atoms with Crippen LogP contribution in [-0.2, 0) is 4.79 Å². The number of ether oxygens (including phenoxy) is 1. The van der Waals surface area contributed by atoms with Gasteiger partial charge in [0.05, 0.1) is 11.7 Å². The van der Waals surface area contributed by atoms with Gasteiger partial charge in [-0.05, 0) is 12.1 Å². The molecule has 0 amide bonds. The van der Waals surface area contributed by atoms with E-state index in [0.717, 1.165) is 18.2 Å². The molecule has 0 fully saturated rings. The lowest BCUT2D eigenvalue weighted by molar-refractivity contribution is -0.255. The molecule has 1 aromatic rings. The molecule has 1 aromatic carbocycles. The summed E-state index contributed by atoms with van der Waals surface area (Å²) in [4.78, 5) is 21.4. The maximum absolute atomic E-state index is 12.7. The number of carboxylic acids is 1. The van der Waals surface area contributed by atoms with Crippen LogP contribution in [-0.4, -0.2) is 17.7 Å². The van der Waals surface area contributed by atoms with E-state index >= 15 is 0 Å². The van der Waals surface area contributed by atoms with Crippen LogP contribution in [0.25, 0.3) is 0 Å². The van der Waals surface area contributed by atoms with Gasteiger partial charge in [-0.1, -0.05) is 0 Å². The lowest BCUT2D eigenvalue weighted by atomic mass is 10.2. The number of carboxylic acid groups (broad SMARTS) is 1. The van der Waals surface area contributed by atoms with Crippen LogP contribution in [0.3, 0.4) is 0 Å². The Kier molecular flexibility index (Phi) is 3.68. The Hall–Kier alpha value is -1.56. The number of thiol groups is 1. The fraction of sp³-hybridized carbons (Fsp3) is 0.111. The lowest BCUT2D eigenvalue weighted by Gasteiger charge is -2.09. The Morgan fingerprint density at radius 1 is 1.47 bits per heavy atom. The molecule has 0 aliphatic carbocycles. The molecule has 0 saturated carbocycles. The van der Waals surface area contributed by atoms with Gasteiger partial charge in [0.1, 0.15) is 11.6 Å². The summed E-state index contributed by atoms with van der Waals surface area (Å²) in [6.07, 6.45) is 0. The molecule has 0 N–H and O–H groups in total. The highest BCUT2D eigenvalue weighted by molar-refractivity contribution is 7.81. The molecule has 0 unspecified atom stereocenters. The third-order valence-corrected chi connectivity index (χ3v) is 1.77. The summed E-state index contributed by atoms with van der Waals surface area (Å²) >= 11 is 3.63. The van der Waals surface area contributed by atoms with E-state index in [0.29, 0.717) is 0 Å². The molecular formula is C9H6FO4S-. The standard InChI is InChI=1S/C9H7FO4S/c10-5-1-2-6(9(12)13)7(3-5)14-8(11)4-15/h1-3,15H,4H2,(H,12,13)/p-1. The molecule has 6 heteroatoms. The van der Waals surface area contributed by atoms with Gasteiger partial charge < -0.3 is 14.6 Å². The summed E-state index contributed by atoms with van der Waals surface area (Å²) in [5.74, 6) is -3.64. The zero-order valence-electron chi connectivity index (χ0n) is 7.40. The van der Waals surface area contributed by atoms with Crippen LogP contribution >= 0.6 is 12.6 Å². The molecule has 0 heterocycles. The Morgan fingerprint density at radius 2 is 2.13 bits per heavy atom. The van der Waals surface area contributed by atoms with E-state index in [2.05, 4.69) is 17.4 Å². The van der Waals surface area contributed by atoms with Crippen molar-refractivity contribution in [3.63, 3.8) is 0 Å². The Bertz CT molecular complexity index is 405. The third kappa shape index (κ3) is 2.95. The SMILES string of the molecule is O=C(CS)Oc1cc(F)ccc1C(=O)[O-]. The summed E-state index contributed by atoms with van der Waals surface area (Å²) in [6, 6.07) is 2.70. The summed E-state index contributed by atoms with van der Waals surface area (Å²) < 4.78 is 17.3. The Balaban J connectivity index is 3.07. The minimum Gasteiger partial charge on any atom is -0.545 e. The number of hydrogen-bond acceptors (Lipinski definition) is 5. The number of aromatic carboxylic acids is 1. The molecule has 1 rings (SSSR count). The third-order valence-electron chi connectivity index (χ3n) is 1.52. The molecule has 0 radical (unpaired) electrons. The van der Waals surface area contributed by atoms with E-state index in [1.165, 1.54) is 0 Å². The summed E-state index contributed by atoms with van der Waals surface area (Å²) in [5, 5.41) is 10.6. The number of halogens is 1. The van der Waals surface area contributed by atoms with Crippen molar-refractivity contribution in [2.45, 2.75) is 0 Å². The van der Waals surface area contributed by atoms with Crippen molar-refractivity contribution in [3.8, 4) is 5.75 Å². The lowest BCUT2D eigenvalue weighted by Crippen LogP contribution is -2.24. The van der Waals surface area contributed by atoms with Crippen molar-refractivity contribution in [1.29, 1.82) is 0 Å². The quantitative estimate of drug-likeness (QED) is 0.451. The summed E-state index contributed by atoms with van der Waals surface area (Å²) in [6.45, 7) is 0. The van der Waals surface area contributed by atoms with Gasteiger partial charge in [0.25, 0.3) is 0 Å². The maximum atomic E-state index is 12.7. The first kappa shape index (κ1) is 11.5. The van der Waals surface area contributed by atoms with E-state index < -0.39 is 17.8 Å². The second kappa shape index (κ2) is 4.79. The van der Waals surface area contributed by atoms with Crippen LogP contribution in [0.2, 0.25) is 0 Å². The van der Waals surface area contributed by atoms with Gasteiger partial charge in [0.15, 0.2) is 0 Å². The fourth-order valence-electron chi connectivity index (χ4n) is 0.904. The number of carbonyl (C=O) groups is 2. The van der Waals surface area contributed by atoms with Crippen LogP contribution in [0.1, 0.15) is 10.4 Å². The van der Waals surface area contributed by atoms with Crippen molar-refractivity contribution < 1.29 is 23.8 Å². The van der Waals surface area contributed by atoms with E-state index in [9.17, 15) is 19.1 Å². The zero-order valence-corrected chi connectivity index (χ0v) is 8.29. The molecule has 80 valence electrons. The van der Waals surface area contributed by atoms with Gasteiger partial charge in [0.2, 0.25) is 0 Å². The van der Waals surface area contributed by atoms with E-state index in [-0.39, 0.29) is 17.1 Å². The number of carbonyl (C=O) groups excluding carboxylic acids is 2. The second-order valence-electron chi connectivity index (χ2n) is 2.56. The molecule has 0 atom stereocenters. The average molecular weight is 229 g/mol. The number of hydrogen-bond donors (Lipinski definition) is 1. The predicted octanol–water partition coefficient (Wildman–Crippen LogP) is 0.0244. The largest absolute Gasteiger partial charge is 0.545 e. The Labute approximate surface area is 90.1 Å². The molecule has 0 saturated heterocycles. The van der Waals surface area contributed by atoms with Crippen molar-refractivity contribution >= 4 is 24.6 Å². The van der Waals surface area contributed by atoms with E-state index in [1.807, 2.05) is 0 Å². The molecule has 0 spiro atoms. The maximum Gasteiger partial charge on any atom is 0.321 e. The van der Waals surface area contributed by atoms with Gasteiger partial charge in [-0.3, -0.25) is 4.79 Å². The summed E-state index contributed by atoms with van der Waals surface area (Å²) in [7, 11) is 0. The van der Waals surface area contributed by atoms with Gasteiger partial charge in [-0.2, -0.15) is 12.6 Å². The highest BCUT2D eigenvalue weighted by Gasteiger charge is 2.10. The first-order valence-electron chi connectivity index (χ1n) is 3.87. The molecule has 0 aliphatic heterocycles. The number of benzene rings is 1. The normalized spacial score (nSPS) is 9.73. The van der Waals surface area contributed by atoms with Gasteiger partial charge in [0, 0.05) is 11.6 Å². The smallest absolute Gasteiger partial charge is 0.321 e. The first-order valence-corrected chi connectivity index (χ1v) is 4.50. The fourth-order valence-corrected chi connectivity index (χ4v) is 0.969. The van der Waals surface area contributed by atoms with Crippen LogP contribution in [0.15, 0.2) is 18.2 Å². The van der Waals surface area contributed by atoms with E-state index in [1.54, 1.807) is 0 Å². The van der Waals surface area contributed by atoms with Crippen LogP contribution < -0.4 is 9.84 Å². The molecular weight excluding hydrogens is 223 g/mol. The van der Waals surface area contributed by atoms with Crippen molar-refractivity contribution in [2.75, 3.05) is 5.75 Å². The van der Waals surface area contributed by atoms with Gasteiger partial charge >= 0.3 is 5.97 Å². The second-order valence-corrected chi connectivity index (χ2v) is 2.88. The van der Waals surface area contributed by atoms with Crippen LogP contribution in [0.4, 0.5) is 4.39 Å². The topological polar surface area (TPSA) is 66.4 Å². The summed E-state index contributed by atoms with van der Waals surface area (Å²) in [5.41, 5.74) is -0.383. The average Bonchev–Trinajstić information content (AvgIpc) is 2.17. The number of esters is 1. The van der Waals surface area contributed by atoms with Crippen molar-refractivity contribution in [3.05, 3.63) is 29.6 Å². The number of rotatable bonds is 3. The highest BCUT2D eigenvalue weighted by Crippen LogP contribution is 2.19. The van der Waals surface area contributed by atoms with Gasteiger partial charge in [-0.25, -0.2) is 4.39 Å². The minimum atomic E-state index is -1.54. The van der Waals surface area contributed by atoms with E-state index in [4.69, 9.17) is 0 Å². The zero-order chi connectivity index (χ0) is 11.4. The van der Waals surface area contributed by atoms with Gasteiger partial charge in [-0.15, -0.1) is 0 Å². The molecule has 0 aromatic heterocycles. The molecule has 0 aliphatic rings. The Morgan fingerprint density at radius 3 is 2.67 bits per heavy atom. The monoisotopic (exact) mass is 229 g/mol. The first-order chi connectivity index (χ1) is 7.04. The predicted molar refractivity (Wildman–Crippen MR) is 50.2 cm³/mol. The minimum absolute atomic E-state index is 0.233. The van der Waals surface area contributed by atoms with Crippen LogP contribution in [0.5, 0.6) is 5.75 Å².